The predicted molar refractivity (Wildman–Crippen MR) is 62.8 cm³/mol. The molecule has 5 nitrogen and oxygen atoms in total. The average molecular weight is 242 g/mol. The van der Waals surface area contributed by atoms with Crippen LogP contribution in [-0.4, -0.2) is 21.3 Å². The number of urea groups is 1. The zero-order chi connectivity index (χ0) is 12.0. The number of nitrogens with one attached hydrogen (secondary N) is 2. The monoisotopic (exact) mass is 242 g/mol. The maximum atomic E-state index is 11.3. The van der Waals surface area contributed by atoms with E-state index in [1.807, 2.05) is 6.92 Å². The minimum Gasteiger partial charge on any atom is -0.338 e. The van der Waals surface area contributed by atoms with E-state index >= 15 is 0 Å². The number of rotatable bonds is 4. The van der Waals surface area contributed by atoms with Crippen LogP contribution in [0.2, 0.25) is 0 Å². The molecule has 0 aromatic heterocycles. The molecule has 1 aromatic rings. The lowest BCUT2D eigenvalue weighted by atomic mass is 10.3. The normalized spacial score (nSPS) is 11.9. The van der Waals surface area contributed by atoms with Crippen molar-refractivity contribution in [3.05, 3.63) is 24.3 Å². The first-order valence-corrected chi connectivity index (χ1v) is 6.00. The molecule has 0 aliphatic heterocycles. The number of hydrogen-bond acceptors (Lipinski definition) is 2. The van der Waals surface area contributed by atoms with Crippen LogP contribution in [0.3, 0.4) is 0 Å². The van der Waals surface area contributed by atoms with Crippen molar-refractivity contribution in [1.29, 1.82) is 0 Å². The van der Waals surface area contributed by atoms with Gasteiger partial charge in [-0.2, -0.15) is 0 Å². The molecule has 1 atom stereocenters. The van der Waals surface area contributed by atoms with E-state index in [1.165, 1.54) is 12.1 Å². The summed E-state index contributed by atoms with van der Waals surface area (Å²) in [6.45, 7) is 2.55. The van der Waals surface area contributed by atoms with Crippen molar-refractivity contribution >= 4 is 22.8 Å². The molecule has 0 aliphatic carbocycles. The molecule has 1 rings (SSSR count). The smallest absolute Gasteiger partial charge is 0.319 e. The molecule has 1 unspecified atom stereocenters. The molecule has 0 saturated heterocycles. The third kappa shape index (κ3) is 4.00. The number of amides is 2. The Labute approximate surface area is 96.5 Å². The van der Waals surface area contributed by atoms with Crippen LogP contribution in [0.1, 0.15) is 13.3 Å². The fourth-order valence-electron chi connectivity index (χ4n) is 1.10. The van der Waals surface area contributed by atoms with Gasteiger partial charge in [0.05, 0.1) is 4.90 Å². The van der Waals surface area contributed by atoms with Crippen LogP contribution >= 0.6 is 0 Å². The first-order valence-electron chi connectivity index (χ1n) is 4.89. The summed E-state index contributed by atoms with van der Waals surface area (Å²) in [5.74, 6) is 0. The van der Waals surface area contributed by atoms with Crippen LogP contribution in [0.4, 0.5) is 10.5 Å². The van der Waals surface area contributed by atoms with Gasteiger partial charge in [-0.05, 0) is 24.6 Å². The van der Waals surface area contributed by atoms with Gasteiger partial charge in [-0.3, -0.25) is 0 Å². The van der Waals surface area contributed by atoms with Gasteiger partial charge in [0.15, 0.2) is 11.1 Å². The molecule has 3 N–H and O–H groups in total. The quantitative estimate of drug-likeness (QED) is 0.704. The van der Waals surface area contributed by atoms with Gasteiger partial charge in [-0.1, -0.05) is 13.0 Å². The molecule has 1 aromatic carbocycles. The molecular weight excluding hydrogens is 228 g/mol. The standard InChI is InChI=1S/C10H14N2O3S/c1-2-6-11-10(13)12-8-4-3-5-9(7-8)16(14)15/h3-5,7H,2,6H2,1H3,(H,14,15)(H2,11,12,13). The number of carbonyl (C=O) groups is 1. The third-order valence-electron chi connectivity index (χ3n) is 1.83. The van der Waals surface area contributed by atoms with Gasteiger partial charge in [0, 0.05) is 12.2 Å². The highest BCUT2D eigenvalue weighted by molar-refractivity contribution is 7.79. The first-order chi connectivity index (χ1) is 7.63. The van der Waals surface area contributed by atoms with Crippen molar-refractivity contribution in [2.45, 2.75) is 18.2 Å². The van der Waals surface area contributed by atoms with Gasteiger partial charge in [0.25, 0.3) is 0 Å². The second kappa shape index (κ2) is 6.24. The number of anilines is 1. The summed E-state index contributed by atoms with van der Waals surface area (Å²) in [4.78, 5) is 11.5. The Morgan fingerprint density at radius 1 is 1.50 bits per heavy atom. The maximum absolute atomic E-state index is 11.3. The average Bonchev–Trinajstić information content (AvgIpc) is 2.26. The first kappa shape index (κ1) is 12.7. The molecule has 16 heavy (non-hydrogen) atoms. The molecule has 2 amide bonds. The fourth-order valence-corrected chi connectivity index (χ4v) is 1.52. The Morgan fingerprint density at radius 2 is 2.25 bits per heavy atom. The van der Waals surface area contributed by atoms with E-state index < -0.39 is 11.1 Å². The lowest BCUT2D eigenvalue weighted by molar-refractivity contribution is 0.252. The zero-order valence-corrected chi connectivity index (χ0v) is 9.71. The minimum atomic E-state index is -2.03. The molecule has 0 heterocycles. The minimum absolute atomic E-state index is 0.258. The highest BCUT2D eigenvalue weighted by atomic mass is 32.2. The van der Waals surface area contributed by atoms with E-state index in [0.29, 0.717) is 12.2 Å². The topological polar surface area (TPSA) is 78.4 Å². The third-order valence-corrected chi connectivity index (χ3v) is 2.49. The molecule has 0 radical (unpaired) electrons. The maximum Gasteiger partial charge on any atom is 0.319 e. The van der Waals surface area contributed by atoms with Crippen LogP contribution in [0, 0.1) is 0 Å². The Kier molecular flexibility index (Phi) is 4.94. The predicted octanol–water partition coefficient (Wildman–Crippen LogP) is 1.80. The molecule has 6 heteroatoms. The van der Waals surface area contributed by atoms with E-state index in [1.54, 1.807) is 12.1 Å². The largest absolute Gasteiger partial charge is 0.338 e. The summed E-state index contributed by atoms with van der Waals surface area (Å²) < 4.78 is 19.7. The van der Waals surface area contributed by atoms with Crippen LogP contribution in [0.25, 0.3) is 0 Å². The van der Waals surface area contributed by atoms with E-state index in [0.717, 1.165) is 6.42 Å². The van der Waals surface area contributed by atoms with Crippen molar-refractivity contribution in [3.63, 3.8) is 0 Å². The van der Waals surface area contributed by atoms with Gasteiger partial charge < -0.3 is 15.2 Å². The molecule has 0 fully saturated rings. The molecule has 0 aliphatic rings. The lowest BCUT2D eigenvalue weighted by Gasteiger charge is -2.06. The number of benzene rings is 1. The SMILES string of the molecule is CCCNC(=O)Nc1cccc(S(=O)O)c1. The summed E-state index contributed by atoms with van der Waals surface area (Å²) in [7, 11) is 0. The summed E-state index contributed by atoms with van der Waals surface area (Å²) in [6.07, 6.45) is 0.855. The molecule has 0 saturated carbocycles. The van der Waals surface area contributed by atoms with Crippen molar-refractivity contribution in [2.24, 2.45) is 0 Å². The fraction of sp³-hybridized carbons (Fsp3) is 0.300. The Bertz CT molecular complexity index is 395. The van der Waals surface area contributed by atoms with E-state index in [2.05, 4.69) is 10.6 Å². The van der Waals surface area contributed by atoms with Crippen LogP contribution < -0.4 is 10.6 Å². The molecule has 0 spiro atoms. The van der Waals surface area contributed by atoms with Crippen LogP contribution in [0.15, 0.2) is 29.2 Å². The van der Waals surface area contributed by atoms with Crippen molar-refractivity contribution < 1.29 is 13.6 Å². The Hall–Kier alpha value is -1.40. The van der Waals surface area contributed by atoms with Crippen molar-refractivity contribution in [1.82, 2.24) is 5.32 Å². The molecular formula is C10H14N2O3S. The Morgan fingerprint density at radius 3 is 2.88 bits per heavy atom. The lowest BCUT2D eigenvalue weighted by Crippen LogP contribution is -2.29. The molecule has 0 bridgehead atoms. The highest BCUT2D eigenvalue weighted by Crippen LogP contribution is 2.12. The second-order valence-corrected chi connectivity index (χ2v) is 4.13. The van der Waals surface area contributed by atoms with Gasteiger partial charge >= 0.3 is 6.03 Å². The second-order valence-electron chi connectivity index (χ2n) is 3.16. The van der Waals surface area contributed by atoms with Gasteiger partial charge in [0.1, 0.15) is 0 Å². The molecule has 88 valence electrons. The van der Waals surface area contributed by atoms with Crippen LogP contribution in [-0.2, 0) is 11.1 Å². The van der Waals surface area contributed by atoms with Gasteiger partial charge in [-0.15, -0.1) is 0 Å². The number of carbonyl (C=O) groups excluding carboxylic acids is 1. The van der Waals surface area contributed by atoms with E-state index in [9.17, 15) is 9.00 Å². The van der Waals surface area contributed by atoms with Crippen molar-refractivity contribution in [3.8, 4) is 0 Å². The van der Waals surface area contributed by atoms with E-state index in [-0.39, 0.29) is 10.9 Å². The van der Waals surface area contributed by atoms with Gasteiger partial charge in [-0.25, -0.2) is 9.00 Å². The van der Waals surface area contributed by atoms with Crippen molar-refractivity contribution in [2.75, 3.05) is 11.9 Å². The Balaban J connectivity index is 2.63. The van der Waals surface area contributed by atoms with Gasteiger partial charge in [0.2, 0.25) is 0 Å². The summed E-state index contributed by atoms with van der Waals surface area (Å²) in [6, 6.07) is 5.93. The van der Waals surface area contributed by atoms with Crippen LogP contribution in [0.5, 0.6) is 0 Å². The zero-order valence-electron chi connectivity index (χ0n) is 8.90. The summed E-state index contributed by atoms with van der Waals surface area (Å²) >= 11 is -2.03. The highest BCUT2D eigenvalue weighted by Gasteiger charge is 2.03. The van der Waals surface area contributed by atoms with E-state index in [4.69, 9.17) is 4.55 Å². The number of hydrogen-bond donors (Lipinski definition) is 3. The summed E-state index contributed by atoms with van der Waals surface area (Å²) in [5.41, 5.74) is 0.494. The summed E-state index contributed by atoms with van der Waals surface area (Å²) in [5, 5.41) is 5.22.